The van der Waals surface area contributed by atoms with Crippen LogP contribution in [0.1, 0.15) is 72.6 Å². The fourth-order valence-electron chi connectivity index (χ4n) is 2.97. The van der Waals surface area contributed by atoms with Gasteiger partial charge in [0.25, 0.3) is 0 Å². The SMILES string of the molecule is CC(C)CCCOC(=O)C1CCCCC1C(=O)OCCC(C)C. The highest BCUT2D eigenvalue weighted by molar-refractivity contribution is 5.82. The van der Waals surface area contributed by atoms with Gasteiger partial charge in [0, 0.05) is 0 Å². The van der Waals surface area contributed by atoms with Crippen LogP contribution < -0.4 is 0 Å². The molecule has 2 atom stereocenters. The van der Waals surface area contributed by atoms with E-state index >= 15 is 0 Å². The largest absolute Gasteiger partial charge is 0.465 e. The molecule has 4 nitrogen and oxygen atoms in total. The van der Waals surface area contributed by atoms with E-state index in [2.05, 4.69) is 27.7 Å². The Morgan fingerprint density at radius 2 is 1.30 bits per heavy atom. The molecule has 0 radical (unpaired) electrons. The topological polar surface area (TPSA) is 52.6 Å². The van der Waals surface area contributed by atoms with Gasteiger partial charge in [0.2, 0.25) is 0 Å². The van der Waals surface area contributed by atoms with Crippen LogP contribution in [0.25, 0.3) is 0 Å². The Morgan fingerprint density at radius 1 is 0.826 bits per heavy atom. The van der Waals surface area contributed by atoms with Crippen LogP contribution >= 0.6 is 0 Å². The highest BCUT2D eigenvalue weighted by Gasteiger charge is 2.37. The van der Waals surface area contributed by atoms with Crippen LogP contribution in [0.2, 0.25) is 0 Å². The van der Waals surface area contributed by atoms with Gasteiger partial charge in [-0.2, -0.15) is 0 Å². The normalized spacial score (nSPS) is 21.5. The first-order chi connectivity index (χ1) is 10.9. The van der Waals surface area contributed by atoms with Crippen molar-refractivity contribution in [3.8, 4) is 0 Å². The first-order valence-electron chi connectivity index (χ1n) is 9.25. The predicted molar refractivity (Wildman–Crippen MR) is 90.9 cm³/mol. The monoisotopic (exact) mass is 326 g/mol. The Balaban J connectivity index is 2.43. The highest BCUT2D eigenvalue weighted by atomic mass is 16.5. The minimum absolute atomic E-state index is 0.209. The summed E-state index contributed by atoms with van der Waals surface area (Å²) >= 11 is 0. The van der Waals surface area contributed by atoms with Crippen LogP contribution in [0, 0.1) is 23.7 Å². The maximum Gasteiger partial charge on any atom is 0.309 e. The van der Waals surface area contributed by atoms with Crippen LogP contribution in [-0.4, -0.2) is 25.2 Å². The summed E-state index contributed by atoms with van der Waals surface area (Å²) in [5.41, 5.74) is 0. The maximum atomic E-state index is 12.3. The molecule has 0 amide bonds. The lowest BCUT2D eigenvalue weighted by Gasteiger charge is -2.28. The van der Waals surface area contributed by atoms with Crippen LogP contribution in [0.3, 0.4) is 0 Å². The summed E-state index contributed by atoms with van der Waals surface area (Å²) in [6.45, 7) is 9.43. The minimum atomic E-state index is -0.312. The summed E-state index contributed by atoms with van der Waals surface area (Å²) < 4.78 is 10.8. The van der Waals surface area contributed by atoms with Crippen LogP contribution in [0.5, 0.6) is 0 Å². The Hall–Kier alpha value is -1.06. The highest BCUT2D eigenvalue weighted by Crippen LogP contribution is 2.32. The summed E-state index contributed by atoms with van der Waals surface area (Å²) in [7, 11) is 0. The molecular formula is C19H34O4. The molecule has 1 aliphatic carbocycles. The fourth-order valence-corrected chi connectivity index (χ4v) is 2.97. The first kappa shape index (κ1) is 20.0. The molecule has 0 aromatic heterocycles. The lowest BCUT2D eigenvalue weighted by Crippen LogP contribution is -2.35. The van der Waals surface area contributed by atoms with E-state index in [4.69, 9.17) is 9.47 Å². The van der Waals surface area contributed by atoms with Gasteiger partial charge in [-0.1, -0.05) is 40.5 Å². The number of carbonyl (C=O) groups excluding carboxylic acids is 2. The summed E-state index contributed by atoms with van der Waals surface area (Å²) in [6.07, 6.45) is 6.27. The van der Waals surface area contributed by atoms with Gasteiger partial charge in [-0.3, -0.25) is 9.59 Å². The van der Waals surface area contributed by atoms with Crippen LogP contribution in [-0.2, 0) is 19.1 Å². The number of hydrogen-bond acceptors (Lipinski definition) is 4. The van der Waals surface area contributed by atoms with E-state index in [-0.39, 0.29) is 23.8 Å². The van der Waals surface area contributed by atoms with Crippen molar-refractivity contribution in [2.75, 3.05) is 13.2 Å². The molecule has 2 unspecified atom stereocenters. The molecule has 4 heteroatoms. The van der Waals surface area contributed by atoms with E-state index in [9.17, 15) is 9.59 Å². The van der Waals surface area contributed by atoms with Gasteiger partial charge < -0.3 is 9.47 Å². The molecule has 0 bridgehead atoms. The third kappa shape index (κ3) is 7.85. The Morgan fingerprint density at radius 3 is 1.78 bits per heavy atom. The Labute approximate surface area is 141 Å². The number of ether oxygens (including phenoxy) is 2. The van der Waals surface area contributed by atoms with Crippen molar-refractivity contribution in [3.05, 3.63) is 0 Å². The van der Waals surface area contributed by atoms with Crippen molar-refractivity contribution in [2.24, 2.45) is 23.7 Å². The van der Waals surface area contributed by atoms with Crippen molar-refractivity contribution in [1.29, 1.82) is 0 Å². The third-order valence-corrected chi connectivity index (χ3v) is 4.48. The molecule has 1 fully saturated rings. The number of rotatable bonds is 9. The van der Waals surface area contributed by atoms with Crippen molar-refractivity contribution in [1.82, 2.24) is 0 Å². The van der Waals surface area contributed by atoms with E-state index in [1.165, 1.54) is 0 Å². The number of esters is 2. The smallest absolute Gasteiger partial charge is 0.309 e. The lowest BCUT2D eigenvalue weighted by atomic mass is 9.79. The van der Waals surface area contributed by atoms with E-state index in [1.807, 2.05) is 0 Å². The Bertz CT molecular complexity index is 362. The van der Waals surface area contributed by atoms with E-state index in [1.54, 1.807) is 0 Å². The van der Waals surface area contributed by atoms with Crippen molar-refractivity contribution in [3.63, 3.8) is 0 Å². The van der Waals surface area contributed by atoms with Gasteiger partial charge in [-0.05, 0) is 43.9 Å². The second-order valence-corrected chi connectivity index (χ2v) is 7.55. The predicted octanol–water partition coefficient (Wildman–Crippen LogP) is 4.36. The average Bonchev–Trinajstić information content (AvgIpc) is 2.50. The molecule has 0 heterocycles. The lowest BCUT2D eigenvalue weighted by molar-refractivity contribution is -0.163. The van der Waals surface area contributed by atoms with E-state index < -0.39 is 0 Å². The van der Waals surface area contributed by atoms with Crippen molar-refractivity contribution in [2.45, 2.75) is 72.6 Å². The fraction of sp³-hybridized carbons (Fsp3) is 0.895. The van der Waals surface area contributed by atoms with Gasteiger partial charge >= 0.3 is 11.9 Å². The summed E-state index contributed by atoms with van der Waals surface area (Å²) in [6, 6.07) is 0. The zero-order valence-electron chi connectivity index (χ0n) is 15.3. The van der Waals surface area contributed by atoms with E-state index in [0.717, 1.165) is 44.9 Å². The molecule has 0 aromatic carbocycles. The zero-order chi connectivity index (χ0) is 17.2. The summed E-state index contributed by atoms with van der Waals surface area (Å²) in [5, 5.41) is 0. The zero-order valence-corrected chi connectivity index (χ0v) is 15.3. The van der Waals surface area contributed by atoms with Gasteiger partial charge in [0.15, 0.2) is 0 Å². The molecular weight excluding hydrogens is 292 g/mol. The molecule has 1 saturated carbocycles. The van der Waals surface area contributed by atoms with Gasteiger partial charge in [0.1, 0.15) is 0 Å². The van der Waals surface area contributed by atoms with Crippen LogP contribution in [0.15, 0.2) is 0 Å². The van der Waals surface area contributed by atoms with Gasteiger partial charge in [-0.25, -0.2) is 0 Å². The number of hydrogen-bond donors (Lipinski definition) is 0. The van der Waals surface area contributed by atoms with Gasteiger partial charge in [0.05, 0.1) is 25.0 Å². The standard InChI is InChI=1S/C19H34O4/c1-14(2)8-7-12-22-18(20)16-9-5-6-10-17(16)19(21)23-13-11-15(3)4/h14-17H,5-13H2,1-4H3. The summed E-state index contributed by atoms with van der Waals surface area (Å²) in [4.78, 5) is 24.6. The van der Waals surface area contributed by atoms with Crippen molar-refractivity contribution >= 4 is 11.9 Å². The molecule has 0 N–H and O–H groups in total. The average molecular weight is 326 g/mol. The maximum absolute atomic E-state index is 12.3. The molecule has 0 aromatic rings. The molecule has 23 heavy (non-hydrogen) atoms. The molecule has 134 valence electrons. The van der Waals surface area contributed by atoms with Gasteiger partial charge in [-0.15, -0.1) is 0 Å². The molecule has 0 spiro atoms. The second-order valence-electron chi connectivity index (χ2n) is 7.55. The third-order valence-electron chi connectivity index (χ3n) is 4.48. The number of carbonyl (C=O) groups is 2. The summed E-state index contributed by atoms with van der Waals surface area (Å²) in [5.74, 6) is 0.0829. The molecule has 1 aliphatic rings. The first-order valence-corrected chi connectivity index (χ1v) is 9.25. The minimum Gasteiger partial charge on any atom is -0.465 e. The second kappa shape index (κ2) is 10.7. The van der Waals surface area contributed by atoms with Crippen LogP contribution in [0.4, 0.5) is 0 Å². The molecule has 0 saturated heterocycles. The van der Waals surface area contributed by atoms with E-state index in [0.29, 0.717) is 25.0 Å². The molecule has 1 rings (SSSR count). The quantitative estimate of drug-likeness (QED) is 0.466. The Kier molecular flexibility index (Phi) is 9.27. The van der Waals surface area contributed by atoms with Crippen molar-refractivity contribution < 1.29 is 19.1 Å². The molecule has 0 aliphatic heterocycles.